The predicted molar refractivity (Wildman–Crippen MR) is 187 cm³/mol. The van der Waals surface area contributed by atoms with Gasteiger partial charge in [0.05, 0.1) is 19.0 Å². The maximum atomic E-state index is 11.9. The highest BCUT2D eigenvalue weighted by molar-refractivity contribution is 6.32. The number of hydrogen-bond acceptors (Lipinski definition) is 6. The number of nitrogens with zero attached hydrogens (tertiary/aromatic N) is 4. The van der Waals surface area contributed by atoms with Crippen molar-refractivity contribution in [2.45, 2.75) is 52.0 Å². The molecule has 4 N–H and O–H groups in total. The summed E-state index contributed by atoms with van der Waals surface area (Å²) in [6.07, 6.45) is 13.1. The number of rotatable bonds is 10. The minimum Gasteiger partial charge on any atom is -0.496 e. The van der Waals surface area contributed by atoms with Crippen molar-refractivity contribution in [2.75, 3.05) is 18.3 Å². The van der Waals surface area contributed by atoms with Gasteiger partial charge in [0, 0.05) is 28.6 Å². The quantitative estimate of drug-likeness (QED) is 0.0848. The first-order valence-corrected chi connectivity index (χ1v) is 16.3. The van der Waals surface area contributed by atoms with Crippen molar-refractivity contribution in [2.24, 2.45) is 21.9 Å². The number of aliphatic imine (C=N–C) groups is 1. The number of benzene rings is 2. The smallest absolute Gasteiger partial charge is 0.496 e. The Bertz CT molecular complexity index is 1770. The molecule has 1 amide bonds. The molecule has 2 aromatic carbocycles. The molecular weight excluding hydrogens is 597 g/mol. The lowest BCUT2D eigenvalue weighted by Crippen LogP contribution is -2.36. The Balaban J connectivity index is 1.34. The number of alkyl halides is 1. The second-order valence-electron chi connectivity index (χ2n) is 11.9. The van der Waals surface area contributed by atoms with Crippen LogP contribution in [0.2, 0.25) is 0 Å². The van der Waals surface area contributed by atoms with Crippen molar-refractivity contribution in [3.05, 3.63) is 94.8 Å². The van der Waals surface area contributed by atoms with Gasteiger partial charge in [-0.05, 0) is 67.3 Å². The number of carbonyl (C=O) groups excluding carboxylic acids is 1. The van der Waals surface area contributed by atoms with E-state index in [2.05, 4.69) is 69.5 Å². The average molecular weight is 636 g/mol. The molecule has 46 heavy (non-hydrogen) atoms. The Kier molecular flexibility index (Phi) is 9.73. The summed E-state index contributed by atoms with van der Waals surface area (Å²) in [5, 5.41) is 10.5. The molecule has 6 rings (SSSR count). The molecule has 0 unspecified atom stereocenters. The second-order valence-corrected chi connectivity index (χ2v) is 12.2. The summed E-state index contributed by atoms with van der Waals surface area (Å²) < 4.78 is 9.86. The third kappa shape index (κ3) is 6.82. The highest BCUT2D eigenvalue weighted by Gasteiger charge is 2.34. The van der Waals surface area contributed by atoms with E-state index < -0.39 is 0 Å². The monoisotopic (exact) mass is 635 g/mol. The molecule has 0 saturated heterocycles. The molecule has 1 aromatic heterocycles. The molecule has 0 spiro atoms. The fourth-order valence-corrected chi connectivity index (χ4v) is 6.51. The number of aromatic nitrogens is 1. The Morgan fingerprint density at radius 2 is 1.93 bits per heavy atom. The van der Waals surface area contributed by atoms with E-state index in [1.807, 2.05) is 42.6 Å². The summed E-state index contributed by atoms with van der Waals surface area (Å²) in [5.74, 6) is 8.63. The van der Waals surface area contributed by atoms with Crippen LogP contribution in [0, 0.1) is 12.8 Å². The maximum Gasteiger partial charge on any atom is 0.553 e. The van der Waals surface area contributed by atoms with Crippen molar-refractivity contribution in [3.8, 4) is 5.75 Å². The molecule has 235 valence electrons. The van der Waals surface area contributed by atoms with E-state index in [0.29, 0.717) is 18.2 Å². The molecule has 2 aliphatic heterocycles. The zero-order valence-corrected chi connectivity index (χ0v) is 27.1. The Morgan fingerprint density at radius 1 is 1.13 bits per heavy atom. The fraction of sp³-hybridized carbons (Fsp3) is 0.314. The first kappa shape index (κ1) is 31.4. The van der Waals surface area contributed by atoms with Crippen LogP contribution in [0.15, 0.2) is 82.5 Å². The third-order valence-corrected chi connectivity index (χ3v) is 9.01. The first-order valence-electron chi connectivity index (χ1n) is 15.8. The van der Waals surface area contributed by atoms with Gasteiger partial charge in [-0.15, -0.1) is 11.6 Å². The third-order valence-electron chi connectivity index (χ3n) is 8.77. The number of methoxy groups -OCH3 is 1. The van der Waals surface area contributed by atoms with Crippen molar-refractivity contribution in [1.29, 1.82) is 0 Å². The van der Waals surface area contributed by atoms with Gasteiger partial charge in [0.2, 0.25) is 5.91 Å². The van der Waals surface area contributed by atoms with Crippen molar-refractivity contribution >= 4 is 59.9 Å². The van der Waals surface area contributed by atoms with Crippen LogP contribution in [0.3, 0.4) is 0 Å². The van der Waals surface area contributed by atoms with E-state index in [1.165, 1.54) is 37.7 Å². The number of anilines is 1. The summed E-state index contributed by atoms with van der Waals surface area (Å²) in [6.45, 7) is 2.67. The lowest BCUT2D eigenvalue weighted by atomic mass is 9.86. The molecule has 0 atom stereocenters. The fourth-order valence-electron chi connectivity index (χ4n) is 6.44. The summed E-state index contributed by atoms with van der Waals surface area (Å²) in [4.78, 5) is 16.7. The molecule has 1 fully saturated rings. The summed E-state index contributed by atoms with van der Waals surface area (Å²) >= 11 is 5.70. The summed E-state index contributed by atoms with van der Waals surface area (Å²) in [5.41, 5.74) is 7.81. The predicted octanol–water partition coefficient (Wildman–Crippen LogP) is 5.90. The number of halogens is 1. The van der Waals surface area contributed by atoms with Gasteiger partial charge in [0.25, 0.3) is 5.84 Å². The van der Waals surface area contributed by atoms with Gasteiger partial charge in [-0.2, -0.15) is 5.10 Å². The van der Waals surface area contributed by atoms with E-state index in [0.717, 1.165) is 57.6 Å². The van der Waals surface area contributed by atoms with E-state index in [-0.39, 0.29) is 11.8 Å². The molecule has 3 aromatic rings. The van der Waals surface area contributed by atoms with Gasteiger partial charge in [-0.1, -0.05) is 55.9 Å². The van der Waals surface area contributed by atoms with Crippen LogP contribution in [0.1, 0.15) is 60.9 Å². The Morgan fingerprint density at radius 3 is 2.67 bits per heavy atom. The second kappa shape index (κ2) is 14.2. The molecule has 0 bridgehead atoms. The van der Waals surface area contributed by atoms with Gasteiger partial charge in [-0.25, -0.2) is 4.99 Å². The van der Waals surface area contributed by atoms with Crippen LogP contribution < -0.4 is 21.2 Å². The molecular formula is C35H39BClN7O2+. The van der Waals surface area contributed by atoms with Crippen LogP contribution in [0.4, 0.5) is 11.5 Å². The SMILES string of the molecule is COc1ccc(C)cc1CNC1=[N+]2[B]n3c(N=CC(CC4CCCCC4)=NN)ccc3C(c3ccc(NC(=O)CCl)cc3)=C2C=C1. The van der Waals surface area contributed by atoms with Gasteiger partial charge in [0.1, 0.15) is 29.7 Å². The average Bonchev–Trinajstić information content (AvgIpc) is 3.69. The first-order chi connectivity index (χ1) is 22.5. The number of hydrazone groups is 1. The van der Waals surface area contributed by atoms with E-state index >= 15 is 0 Å². The topological polar surface area (TPSA) is 109 Å². The molecule has 1 aliphatic carbocycles. The van der Waals surface area contributed by atoms with E-state index in [9.17, 15) is 4.79 Å². The van der Waals surface area contributed by atoms with Crippen LogP contribution in [0.25, 0.3) is 5.57 Å². The van der Waals surface area contributed by atoms with Gasteiger partial charge in [-0.3, -0.25) is 14.6 Å². The van der Waals surface area contributed by atoms with Gasteiger partial charge < -0.3 is 20.4 Å². The van der Waals surface area contributed by atoms with Crippen LogP contribution in [-0.2, 0) is 11.3 Å². The Hall–Kier alpha value is -4.57. The number of amides is 1. The Labute approximate surface area is 275 Å². The number of nitrogens with two attached hydrogens (primary N) is 1. The zero-order chi connectivity index (χ0) is 32.0. The molecule has 9 nitrogen and oxygen atoms in total. The van der Waals surface area contributed by atoms with E-state index in [1.54, 1.807) is 7.11 Å². The van der Waals surface area contributed by atoms with Crippen LogP contribution in [-0.4, -0.2) is 53.2 Å². The largest absolute Gasteiger partial charge is 0.553 e. The highest BCUT2D eigenvalue weighted by atomic mass is 35.5. The minimum atomic E-state index is -0.246. The number of nitrogens with one attached hydrogen (secondary N) is 2. The number of amidine groups is 1. The lowest BCUT2D eigenvalue weighted by Gasteiger charge is -2.22. The lowest BCUT2D eigenvalue weighted by molar-refractivity contribution is -0.315. The number of hydrogen-bond donors (Lipinski definition) is 3. The van der Waals surface area contributed by atoms with Crippen molar-refractivity contribution in [1.82, 2.24) is 9.79 Å². The number of carbonyl (C=O) groups is 1. The maximum absolute atomic E-state index is 11.9. The zero-order valence-electron chi connectivity index (χ0n) is 26.3. The minimum absolute atomic E-state index is 0.0965. The normalized spacial score (nSPS) is 16.5. The highest BCUT2D eigenvalue weighted by Crippen LogP contribution is 2.36. The van der Waals surface area contributed by atoms with Gasteiger partial charge >= 0.3 is 7.55 Å². The standard InChI is InChI=1S/C35H39BClN7O2/c1-23-8-15-31(46-2)26(18-23)21-39-32-16-13-29-35(25-9-11-27(12-10-25)41-34(45)20-37)30-14-17-33(44(30)36-43(29)32)40-22-28(42-38)19-24-6-4-3-5-7-24/h8-18,22,24,39H,3-7,19-21,38H2,1-2H3,(H,41,45)/q+1. The molecule has 3 aliphatic rings. The number of ether oxygens (including phenoxy) is 1. The van der Waals surface area contributed by atoms with Crippen LogP contribution in [0.5, 0.6) is 5.75 Å². The molecule has 11 heteroatoms. The van der Waals surface area contributed by atoms with Crippen molar-refractivity contribution in [3.63, 3.8) is 0 Å². The number of aryl methyl sites for hydroxylation is 1. The van der Waals surface area contributed by atoms with Crippen molar-refractivity contribution < 1.29 is 14.0 Å². The van der Waals surface area contributed by atoms with E-state index in [4.69, 9.17) is 27.2 Å². The summed E-state index contributed by atoms with van der Waals surface area (Å²) in [7, 11) is 3.76. The summed E-state index contributed by atoms with van der Waals surface area (Å²) in [6, 6.07) is 18.1. The number of fused-ring (bicyclic) bond motifs is 2. The molecule has 3 heterocycles. The van der Waals surface area contributed by atoms with Crippen LogP contribution >= 0.6 is 11.6 Å². The number of allylic oxidation sites excluding steroid dienone is 1. The van der Waals surface area contributed by atoms with Gasteiger partial charge in [0.15, 0.2) is 0 Å². The molecule has 1 radical (unpaired) electrons. The molecule has 1 saturated carbocycles.